The molecular weight excluding hydrogens is 316 g/mol. The van der Waals surface area contributed by atoms with Crippen LogP contribution in [0.2, 0.25) is 0 Å². The van der Waals surface area contributed by atoms with Crippen LogP contribution in [-0.2, 0) is 11.3 Å². The van der Waals surface area contributed by atoms with E-state index in [2.05, 4.69) is 32.3 Å². The van der Waals surface area contributed by atoms with E-state index < -0.39 is 0 Å². The molecule has 0 N–H and O–H groups in total. The van der Waals surface area contributed by atoms with E-state index in [1.54, 1.807) is 0 Å². The first kappa shape index (κ1) is 16.3. The highest BCUT2D eigenvalue weighted by molar-refractivity contribution is 6.01. The quantitative estimate of drug-likeness (QED) is 0.837. The predicted octanol–water partition coefficient (Wildman–Crippen LogP) is 2.83. The van der Waals surface area contributed by atoms with Crippen LogP contribution < -0.4 is 0 Å². The van der Waals surface area contributed by atoms with Gasteiger partial charge in [-0.25, -0.2) is 0 Å². The normalized spacial score (nSPS) is 22.0. The molecule has 1 saturated heterocycles. The molecule has 0 bridgehead atoms. The molecule has 1 atom stereocenters. The van der Waals surface area contributed by atoms with Gasteiger partial charge in [0.15, 0.2) is 5.82 Å². The van der Waals surface area contributed by atoms with Crippen molar-refractivity contribution in [1.29, 1.82) is 0 Å². The third kappa shape index (κ3) is 4.07. The molecular formula is C19H24N4O2. The zero-order valence-corrected chi connectivity index (χ0v) is 14.6. The molecule has 4 rings (SSSR count). The van der Waals surface area contributed by atoms with E-state index in [4.69, 9.17) is 9.36 Å². The molecule has 2 aliphatic heterocycles. The van der Waals surface area contributed by atoms with Crippen molar-refractivity contribution in [2.24, 2.45) is 11.1 Å². The summed E-state index contributed by atoms with van der Waals surface area (Å²) in [7, 11) is 0. The number of aryl methyl sites for hydroxylation is 1. The fourth-order valence-corrected chi connectivity index (χ4v) is 3.67. The molecule has 6 nitrogen and oxygen atoms in total. The van der Waals surface area contributed by atoms with E-state index in [-0.39, 0.29) is 6.10 Å². The number of nitrogens with zero attached hydrogens (tertiary/aromatic N) is 4. The average molecular weight is 340 g/mol. The Balaban J connectivity index is 1.22. The van der Waals surface area contributed by atoms with Crippen molar-refractivity contribution < 1.29 is 9.36 Å². The number of likely N-dealkylation sites (tertiary alicyclic amines) is 1. The molecule has 0 amide bonds. The van der Waals surface area contributed by atoms with Crippen LogP contribution in [0.5, 0.6) is 0 Å². The van der Waals surface area contributed by atoms with Crippen molar-refractivity contribution in [1.82, 2.24) is 15.0 Å². The van der Waals surface area contributed by atoms with Crippen molar-refractivity contribution in [3.05, 3.63) is 47.6 Å². The second kappa shape index (κ2) is 7.35. The minimum Gasteiger partial charge on any atom is -0.390 e. The lowest BCUT2D eigenvalue weighted by molar-refractivity contribution is 0.0418. The molecule has 1 fully saturated rings. The van der Waals surface area contributed by atoms with E-state index in [9.17, 15) is 0 Å². The van der Waals surface area contributed by atoms with E-state index in [0.29, 0.717) is 11.8 Å². The second-order valence-electron chi connectivity index (χ2n) is 7.01. The zero-order valence-electron chi connectivity index (χ0n) is 14.6. The highest BCUT2D eigenvalue weighted by atomic mass is 16.6. The van der Waals surface area contributed by atoms with Crippen LogP contribution in [-0.4, -0.2) is 46.5 Å². The Morgan fingerprint density at radius 1 is 1.16 bits per heavy atom. The largest absolute Gasteiger partial charge is 0.390 e. The van der Waals surface area contributed by atoms with Gasteiger partial charge in [-0.2, -0.15) is 4.98 Å². The molecule has 132 valence electrons. The molecule has 0 spiro atoms. The monoisotopic (exact) mass is 340 g/mol. The van der Waals surface area contributed by atoms with Gasteiger partial charge >= 0.3 is 0 Å². The maximum atomic E-state index is 5.66. The fourth-order valence-electron chi connectivity index (χ4n) is 3.67. The first-order chi connectivity index (χ1) is 12.3. The van der Waals surface area contributed by atoms with E-state index in [1.807, 2.05) is 25.1 Å². The Bertz CT molecular complexity index is 720. The Labute approximate surface area is 147 Å². The molecule has 1 aromatic heterocycles. The van der Waals surface area contributed by atoms with Crippen molar-refractivity contribution in [3.8, 4) is 0 Å². The van der Waals surface area contributed by atoms with Gasteiger partial charge in [-0.15, -0.1) is 0 Å². The van der Waals surface area contributed by atoms with Gasteiger partial charge in [-0.05, 0) is 37.4 Å². The standard InChI is InChI=1S/C19H24N4O2/c1-14-20-19(22-24-14)11-15-7-9-23(10-8-15)13-17-12-18(21-25-17)16-5-3-2-4-6-16/h2-6,15,17H,7-13H2,1H3. The minimum atomic E-state index is 0.173. The van der Waals surface area contributed by atoms with Gasteiger partial charge in [0.25, 0.3) is 0 Å². The molecule has 25 heavy (non-hydrogen) atoms. The van der Waals surface area contributed by atoms with Crippen molar-refractivity contribution in [2.45, 2.75) is 38.7 Å². The Morgan fingerprint density at radius 3 is 2.68 bits per heavy atom. The number of rotatable bonds is 5. The Hall–Kier alpha value is -2.21. The molecule has 1 aromatic carbocycles. The predicted molar refractivity (Wildman–Crippen MR) is 94.4 cm³/mol. The molecule has 6 heteroatoms. The smallest absolute Gasteiger partial charge is 0.223 e. The second-order valence-corrected chi connectivity index (χ2v) is 7.01. The van der Waals surface area contributed by atoms with Crippen LogP contribution in [0.3, 0.4) is 0 Å². The van der Waals surface area contributed by atoms with Crippen LogP contribution >= 0.6 is 0 Å². The third-order valence-corrected chi connectivity index (χ3v) is 5.05. The third-order valence-electron chi connectivity index (χ3n) is 5.05. The number of benzene rings is 1. The molecule has 1 unspecified atom stereocenters. The van der Waals surface area contributed by atoms with Crippen LogP contribution in [0.25, 0.3) is 0 Å². The summed E-state index contributed by atoms with van der Waals surface area (Å²) in [6.45, 7) is 4.99. The maximum absolute atomic E-state index is 5.66. The summed E-state index contributed by atoms with van der Waals surface area (Å²) in [6, 6.07) is 10.3. The highest BCUT2D eigenvalue weighted by Crippen LogP contribution is 2.23. The van der Waals surface area contributed by atoms with Gasteiger partial charge in [0.1, 0.15) is 6.10 Å². The molecule has 0 saturated carbocycles. The molecule has 2 aliphatic rings. The van der Waals surface area contributed by atoms with Crippen molar-refractivity contribution in [3.63, 3.8) is 0 Å². The summed E-state index contributed by atoms with van der Waals surface area (Å²) in [4.78, 5) is 12.5. The highest BCUT2D eigenvalue weighted by Gasteiger charge is 2.27. The summed E-state index contributed by atoms with van der Waals surface area (Å²) in [5.74, 6) is 2.14. The maximum Gasteiger partial charge on any atom is 0.223 e. The van der Waals surface area contributed by atoms with Gasteiger partial charge in [0.05, 0.1) is 5.71 Å². The van der Waals surface area contributed by atoms with Gasteiger partial charge < -0.3 is 9.36 Å². The van der Waals surface area contributed by atoms with Crippen molar-refractivity contribution >= 4 is 5.71 Å². The van der Waals surface area contributed by atoms with Crippen molar-refractivity contribution in [2.75, 3.05) is 19.6 Å². The lowest BCUT2D eigenvalue weighted by Gasteiger charge is -2.32. The first-order valence-electron chi connectivity index (χ1n) is 9.06. The van der Waals surface area contributed by atoms with Crippen LogP contribution in [0.4, 0.5) is 0 Å². The van der Waals surface area contributed by atoms with Crippen LogP contribution in [0.1, 0.15) is 36.5 Å². The van der Waals surface area contributed by atoms with Crippen LogP contribution in [0, 0.1) is 12.8 Å². The molecule has 0 radical (unpaired) electrons. The van der Waals surface area contributed by atoms with Gasteiger partial charge in [0, 0.05) is 26.3 Å². The Morgan fingerprint density at radius 2 is 1.96 bits per heavy atom. The number of aromatic nitrogens is 2. The summed E-state index contributed by atoms with van der Waals surface area (Å²) in [5.41, 5.74) is 2.23. The zero-order chi connectivity index (χ0) is 17.1. The lowest BCUT2D eigenvalue weighted by Crippen LogP contribution is -2.39. The molecule has 0 aliphatic carbocycles. The van der Waals surface area contributed by atoms with E-state index in [1.165, 1.54) is 18.4 Å². The fraction of sp³-hybridized carbons (Fsp3) is 0.526. The minimum absolute atomic E-state index is 0.173. The number of piperidine rings is 1. The van der Waals surface area contributed by atoms with E-state index in [0.717, 1.165) is 44.0 Å². The first-order valence-corrected chi connectivity index (χ1v) is 9.06. The summed E-state index contributed by atoms with van der Waals surface area (Å²) in [5, 5.41) is 8.30. The average Bonchev–Trinajstić information content (AvgIpc) is 3.27. The topological polar surface area (TPSA) is 63.8 Å². The molecule has 3 heterocycles. The summed E-state index contributed by atoms with van der Waals surface area (Å²) < 4.78 is 5.06. The Kier molecular flexibility index (Phi) is 4.78. The summed E-state index contributed by atoms with van der Waals surface area (Å²) >= 11 is 0. The van der Waals surface area contributed by atoms with E-state index >= 15 is 0 Å². The summed E-state index contributed by atoms with van der Waals surface area (Å²) in [6.07, 6.45) is 4.34. The SMILES string of the molecule is Cc1nc(CC2CCN(CC3CC(c4ccccc4)=NO3)CC2)no1. The van der Waals surface area contributed by atoms with Gasteiger partial charge in [-0.1, -0.05) is 40.6 Å². The number of hydrogen-bond donors (Lipinski definition) is 0. The van der Waals surface area contributed by atoms with Gasteiger partial charge in [-0.3, -0.25) is 4.90 Å². The number of oxime groups is 1. The molecule has 2 aromatic rings. The van der Waals surface area contributed by atoms with Crippen LogP contribution in [0.15, 0.2) is 40.0 Å². The van der Waals surface area contributed by atoms with Gasteiger partial charge in [0.2, 0.25) is 5.89 Å². The lowest BCUT2D eigenvalue weighted by atomic mass is 9.93. The number of hydrogen-bond acceptors (Lipinski definition) is 6.